The van der Waals surface area contributed by atoms with Crippen LogP contribution >= 0.6 is 15.9 Å². The molecule has 1 saturated carbocycles. The summed E-state index contributed by atoms with van der Waals surface area (Å²) in [4.78, 5) is 0. The van der Waals surface area contributed by atoms with Crippen LogP contribution in [0.15, 0.2) is 60.7 Å². The lowest BCUT2D eigenvalue weighted by molar-refractivity contribution is 0.457. The van der Waals surface area contributed by atoms with Crippen molar-refractivity contribution in [1.29, 1.82) is 0 Å². The van der Waals surface area contributed by atoms with Crippen LogP contribution in [0.3, 0.4) is 0 Å². The molecular formula is C18H19Br. The van der Waals surface area contributed by atoms with Gasteiger partial charge >= 0.3 is 0 Å². The average Bonchev–Trinajstić information content (AvgIpc) is 3.13. The maximum absolute atomic E-state index is 3.67. The number of halogens is 1. The Labute approximate surface area is 124 Å². The topological polar surface area (TPSA) is 0 Å². The molecular weight excluding hydrogens is 296 g/mol. The van der Waals surface area contributed by atoms with Gasteiger partial charge in [-0.25, -0.2) is 0 Å². The summed E-state index contributed by atoms with van der Waals surface area (Å²) < 4.78 is 0. The van der Waals surface area contributed by atoms with E-state index in [-0.39, 0.29) is 0 Å². The second kappa shape index (κ2) is 5.13. The molecule has 1 aliphatic rings. The quantitative estimate of drug-likeness (QED) is 0.677. The molecule has 1 fully saturated rings. The number of hydrogen-bond donors (Lipinski definition) is 0. The standard InChI is InChI=1S/C18H19Br/c1-18(12-16(18)13-19)17(14-8-4-2-5-9-14)15-10-6-3-7-11-15/h2-11,16-17H,12-13H2,1H3. The van der Waals surface area contributed by atoms with E-state index >= 15 is 0 Å². The fraction of sp³-hybridized carbons (Fsp3) is 0.333. The van der Waals surface area contributed by atoms with Gasteiger partial charge in [0, 0.05) is 11.2 Å². The van der Waals surface area contributed by atoms with E-state index in [1.165, 1.54) is 17.5 Å². The summed E-state index contributed by atoms with van der Waals surface area (Å²) in [6.07, 6.45) is 1.31. The number of hydrogen-bond acceptors (Lipinski definition) is 0. The van der Waals surface area contributed by atoms with E-state index < -0.39 is 0 Å². The Morgan fingerprint density at radius 1 is 1.00 bits per heavy atom. The lowest BCUT2D eigenvalue weighted by Gasteiger charge is -2.26. The Balaban J connectivity index is 2.03. The Morgan fingerprint density at radius 3 is 1.84 bits per heavy atom. The zero-order valence-corrected chi connectivity index (χ0v) is 12.8. The third-order valence-corrected chi connectivity index (χ3v) is 5.35. The number of rotatable bonds is 4. The van der Waals surface area contributed by atoms with Gasteiger partial charge in [-0.3, -0.25) is 0 Å². The SMILES string of the molecule is CC1(C(c2ccccc2)c2ccccc2)CC1CBr. The lowest BCUT2D eigenvalue weighted by Crippen LogP contribution is -2.15. The van der Waals surface area contributed by atoms with E-state index in [1.54, 1.807) is 0 Å². The molecule has 0 saturated heterocycles. The van der Waals surface area contributed by atoms with Crippen LogP contribution in [0.1, 0.15) is 30.4 Å². The zero-order valence-electron chi connectivity index (χ0n) is 11.2. The van der Waals surface area contributed by atoms with Crippen molar-refractivity contribution in [2.24, 2.45) is 11.3 Å². The van der Waals surface area contributed by atoms with Crippen LogP contribution in [-0.2, 0) is 0 Å². The van der Waals surface area contributed by atoms with Crippen molar-refractivity contribution < 1.29 is 0 Å². The molecule has 0 amide bonds. The van der Waals surface area contributed by atoms with Crippen molar-refractivity contribution in [3.05, 3.63) is 71.8 Å². The molecule has 0 nitrogen and oxygen atoms in total. The van der Waals surface area contributed by atoms with Crippen LogP contribution in [0, 0.1) is 11.3 Å². The summed E-state index contributed by atoms with van der Waals surface area (Å²) in [5, 5.41) is 1.11. The molecule has 0 aliphatic heterocycles. The number of benzene rings is 2. The van der Waals surface area contributed by atoms with Crippen molar-refractivity contribution >= 4 is 15.9 Å². The molecule has 0 heterocycles. The van der Waals surface area contributed by atoms with Gasteiger partial charge in [0.1, 0.15) is 0 Å². The fourth-order valence-electron chi connectivity index (χ4n) is 3.30. The Morgan fingerprint density at radius 2 is 1.47 bits per heavy atom. The molecule has 0 aromatic heterocycles. The van der Waals surface area contributed by atoms with Gasteiger partial charge in [-0.15, -0.1) is 0 Å². The molecule has 2 atom stereocenters. The van der Waals surface area contributed by atoms with Crippen molar-refractivity contribution in [1.82, 2.24) is 0 Å². The minimum absolute atomic E-state index is 0.395. The predicted octanol–water partition coefficient (Wildman–Crippen LogP) is 5.24. The first-order chi connectivity index (χ1) is 9.25. The van der Waals surface area contributed by atoms with Gasteiger partial charge < -0.3 is 0 Å². The Kier molecular flexibility index (Phi) is 3.49. The maximum Gasteiger partial charge on any atom is 0.0146 e. The first kappa shape index (κ1) is 12.9. The van der Waals surface area contributed by atoms with Crippen molar-refractivity contribution in [3.8, 4) is 0 Å². The highest BCUT2D eigenvalue weighted by Gasteiger charge is 2.54. The highest BCUT2D eigenvalue weighted by atomic mass is 79.9. The van der Waals surface area contributed by atoms with Gasteiger partial charge in [0.25, 0.3) is 0 Å². The lowest BCUT2D eigenvalue weighted by atomic mass is 9.78. The van der Waals surface area contributed by atoms with Crippen LogP contribution in [0.25, 0.3) is 0 Å². The molecule has 3 rings (SSSR count). The van der Waals surface area contributed by atoms with Gasteiger partial charge in [-0.1, -0.05) is 83.5 Å². The normalized spacial score (nSPS) is 25.5. The minimum Gasteiger partial charge on any atom is -0.0925 e. The molecule has 19 heavy (non-hydrogen) atoms. The molecule has 1 aliphatic carbocycles. The molecule has 0 radical (unpaired) electrons. The summed E-state index contributed by atoms with van der Waals surface area (Å²) in [6, 6.07) is 21.9. The summed E-state index contributed by atoms with van der Waals surface area (Å²) in [6.45, 7) is 2.43. The first-order valence-electron chi connectivity index (χ1n) is 6.91. The predicted molar refractivity (Wildman–Crippen MR) is 84.7 cm³/mol. The summed E-state index contributed by atoms with van der Waals surface area (Å²) in [7, 11) is 0. The molecule has 98 valence electrons. The summed E-state index contributed by atoms with van der Waals surface area (Å²) in [5.74, 6) is 1.30. The molecule has 1 heteroatoms. The van der Waals surface area contributed by atoms with E-state index in [4.69, 9.17) is 0 Å². The number of alkyl halides is 1. The molecule has 0 spiro atoms. The molecule has 0 N–H and O–H groups in total. The highest BCUT2D eigenvalue weighted by Crippen LogP contribution is 2.63. The van der Waals surface area contributed by atoms with E-state index in [0.29, 0.717) is 11.3 Å². The van der Waals surface area contributed by atoms with Crippen LogP contribution in [0.5, 0.6) is 0 Å². The van der Waals surface area contributed by atoms with Gasteiger partial charge in [-0.2, -0.15) is 0 Å². The first-order valence-corrected chi connectivity index (χ1v) is 8.03. The largest absolute Gasteiger partial charge is 0.0925 e. The van der Waals surface area contributed by atoms with Gasteiger partial charge in [0.2, 0.25) is 0 Å². The van der Waals surface area contributed by atoms with E-state index in [9.17, 15) is 0 Å². The van der Waals surface area contributed by atoms with E-state index in [2.05, 4.69) is 83.5 Å². The summed E-state index contributed by atoms with van der Waals surface area (Å²) >= 11 is 3.67. The summed E-state index contributed by atoms with van der Waals surface area (Å²) in [5.41, 5.74) is 3.28. The van der Waals surface area contributed by atoms with Crippen LogP contribution in [0.4, 0.5) is 0 Å². The monoisotopic (exact) mass is 314 g/mol. The van der Waals surface area contributed by atoms with Crippen LogP contribution in [-0.4, -0.2) is 5.33 Å². The third kappa shape index (κ3) is 2.36. The molecule has 0 bridgehead atoms. The smallest absolute Gasteiger partial charge is 0.0146 e. The second-order valence-corrected chi connectivity index (χ2v) is 6.46. The maximum atomic E-state index is 3.67. The third-order valence-electron chi connectivity index (χ3n) is 4.57. The second-order valence-electron chi connectivity index (χ2n) is 5.82. The Hall–Kier alpha value is -1.08. The van der Waals surface area contributed by atoms with E-state index in [1.807, 2.05) is 0 Å². The zero-order chi connectivity index (χ0) is 13.3. The molecule has 2 aromatic carbocycles. The van der Waals surface area contributed by atoms with Crippen molar-refractivity contribution in [3.63, 3.8) is 0 Å². The average molecular weight is 315 g/mol. The fourth-order valence-corrected chi connectivity index (χ4v) is 4.27. The minimum atomic E-state index is 0.395. The van der Waals surface area contributed by atoms with E-state index in [0.717, 1.165) is 11.2 Å². The van der Waals surface area contributed by atoms with Crippen molar-refractivity contribution in [2.45, 2.75) is 19.3 Å². The highest BCUT2D eigenvalue weighted by molar-refractivity contribution is 9.09. The van der Waals surface area contributed by atoms with Gasteiger partial charge in [0.15, 0.2) is 0 Å². The Bertz CT molecular complexity index is 495. The van der Waals surface area contributed by atoms with Crippen LogP contribution in [0.2, 0.25) is 0 Å². The van der Waals surface area contributed by atoms with Gasteiger partial charge in [-0.05, 0) is 28.9 Å². The van der Waals surface area contributed by atoms with Gasteiger partial charge in [0.05, 0.1) is 0 Å². The molecule has 2 unspecified atom stereocenters. The molecule has 2 aromatic rings. The van der Waals surface area contributed by atoms with Crippen molar-refractivity contribution in [2.75, 3.05) is 5.33 Å². The van der Waals surface area contributed by atoms with Crippen LogP contribution < -0.4 is 0 Å².